The highest BCUT2D eigenvalue weighted by molar-refractivity contribution is 6.36. The average Bonchev–Trinajstić information content (AvgIpc) is 2.52. The first-order chi connectivity index (χ1) is 11.3. The molecule has 0 spiro atoms. The number of rotatable bonds is 4. The van der Waals surface area contributed by atoms with Crippen molar-refractivity contribution in [3.05, 3.63) is 50.6 Å². The second kappa shape index (κ2) is 7.70. The number of carbonyl (C=O) groups excluding carboxylic acids is 2. The zero-order valence-electron chi connectivity index (χ0n) is 12.3. The number of nitrogens with zero attached hydrogens (tertiary/aromatic N) is 1. The SMILES string of the molecule is Cc1nc(NC(=O)COC(=O)c2cc(Cl)ccc2O)c(Cl)cc1Cl. The van der Waals surface area contributed by atoms with E-state index in [1.165, 1.54) is 24.3 Å². The molecule has 0 atom stereocenters. The fraction of sp³-hybridized carbons (Fsp3) is 0.133. The highest BCUT2D eigenvalue weighted by atomic mass is 35.5. The van der Waals surface area contributed by atoms with E-state index >= 15 is 0 Å². The molecular weight excluding hydrogens is 379 g/mol. The minimum atomic E-state index is -0.892. The molecule has 0 saturated carbocycles. The number of phenols is 1. The van der Waals surface area contributed by atoms with Crippen LogP contribution in [0.1, 0.15) is 16.1 Å². The summed E-state index contributed by atoms with van der Waals surface area (Å²) in [6.45, 7) is 1.06. The zero-order chi connectivity index (χ0) is 17.9. The summed E-state index contributed by atoms with van der Waals surface area (Å²) in [4.78, 5) is 27.7. The molecule has 1 heterocycles. The summed E-state index contributed by atoms with van der Waals surface area (Å²) in [6.07, 6.45) is 0. The van der Waals surface area contributed by atoms with Crippen molar-refractivity contribution in [2.45, 2.75) is 6.92 Å². The van der Waals surface area contributed by atoms with Crippen LogP contribution in [0, 0.1) is 6.92 Å². The molecule has 1 amide bonds. The maximum absolute atomic E-state index is 11.9. The standard InChI is InChI=1S/C15H11Cl3N2O4/c1-7-10(17)5-11(18)14(19-7)20-13(22)6-24-15(23)9-4-8(16)2-3-12(9)21/h2-5,21H,6H2,1H3,(H,19,20,22). The van der Waals surface area contributed by atoms with Gasteiger partial charge in [-0.25, -0.2) is 9.78 Å². The molecule has 0 aliphatic heterocycles. The Bertz CT molecular complexity index is 812. The molecule has 2 aromatic rings. The summed E-state index contributed by atoms with van der Waals surface area (Å²) in [5.41, 5.74) is 0.339. The van der Waals surface area contributed by atoms with Crippen LogP contribution in [-0.2, 0) is 9.53 Å². The minimum Gasteiger partial charge on any atom is -0.507 e. The number of anilines is 1. The molecule has 0 saturated heterocycles. The number of aromatic hydroxyl groups is 1. The highest BCUT2D eigenvalue weighted by Crippen LogP contribution is 2.25. The molecule has 6 nitrogen and oxygen atoms in total. The number of nitrogens with one attached hydrogen (secondary N) is 1. The monoisotopic (exact) mass is 388 g/mol. The summed E-state index contributed by atoms with van der Waals surface area (Å²) >= 11 is 17.5. The molecule has 0 bridgehead atoms. The smallest absolute Gasteiger partial charge is 0.342 e. The number of hydrogen-bond acceptors (Lipinski definition) is 5. The van der Waals surface area contributed by atoms with Crippen LogP contribution in [0.15, 0.2) is 24.3 Å². The molecule has 2 N–H and O–H groups in total. The molecule has 9 heteroatoms. The van der Waals surface area contributed by atoms with Crippen LogP contribution in [0.4, 0.5) is 5.82 Å². The number of amides is 1. The van der Waals surface area contributed by atoms with E-state index in [4.69, 9.17) is 39.5 Å². The lowest BCUT2D eigenvalue weighted by molar-refractivity contribution is -0.119. The molecule has 0 unspecified atom stereocenters. The molecule has 0 radical (unpaired) electrons. The summed E-state index contributed by atoms with van der Waals surface area (Å²) in [5.74, 6) is -1.74. The molecular formula is C15H11Cl3N2O4. The number of halogens is 3. The van der Waals surface area contributed by atoms with Crippen molar-refractivity contribution < 1.29 is 19.4 Å². The fourth-order valence-electron chi connectivity index (χ4n) is 1.69. The lowest BCUT2D eigenvalue weighted by atomic mass is 10.2. The molecule has 0 aliphatic carbocycles. The van der Waals surface area contributed by atoms with Crippen LogP contribution in [0.2, 0.25) is 15.1 Å². The van der Waals surface area contributed by atoms with Crippen molar-refractivity contribution >= 4 is 52.5 Å². The summed E-state index contributed by atoms with van der Waals surface area (Å²) in [5, 5.41) is 12.8. The van der Waals surface area contributed by atoms with Gasteiger partial charge in [0.1, 0.15) is 11.3 Å². The zero-order valence-corrected chi connectivity index (χ0v) is 14.5. The number of esters is 1. The van der Waals surface area contributed by atoms with Crippen molar-refractivity contribution in [2.75, 3.05) is 11.9 Å². The first-order valence-electron chi connectivity index (χ1n) is 6.56. The maximum atomic E-state index is 11.9. The summed E-state index contributed by atoms with van der Waals surface area (Å²) in [7, 11) is 0. The summed E-state index contributed by atoms with van der Waals surface area (Å²) < 4.78 is 4.83. The van der Waals surface area contributed by atoms with Crippen molar-refractivity contribution in [1.29, 1.82) is 0 Å². The van der Waals surface area contributed by atoms with Crippen molar-refractivity contribution in [3.63, 3.8) is 0 Å². The number of aryl methyl sites for hydroxylation is 1. The van der Waals surface area contributed by atoms with E-state index in [0.29, 0.717) is 10.7 Å². The van der Waals surface area contributed by atoms with E-state index in [1.807, 2.05) is 0 Å². The van der Waals surface area contributed by atoms with E-state index in [1.54, 1.807) is 6.92 Å². The quantitative estimate of drug-likeness (QED) is 0.775. The predicted octanol–water partition coefficient (Wildman–Crippen LogP) is 3.85. The molecule has 24 heavy (non-hydrogen) atoms. The minimum absolute atomic E-state index is 0.102. The van der Waals surface area contributed by atoms with Crippen LogP contribution >= 0.6 is 34.8 Å². The van der Waals surface area contributed by atoms with Crippen molar-refractivity contribution in [2.24, 2.45) is 0 Å². The van der Waals surface area contributed by atoms with Crippen molar-refractivity contribution in [1.82, 2.24) is 4.98 Å². The lowest BCUT2D eigenvalue weighted by Crippen LogP contribution is -2.22. The van der Waals surface area contributed by atoms with Crippen LogP contribution in [0.25, 0.3) is 0 Å². The van der Waals surface area contributed by atoms with Gasteiger partial charge >= 0.3 is 5.97 Å². The molecule has 0 fully saturated rings. The third kappa shape index (κ3) is 4.50. The molecule has 1 aromatic heterocycles. The number of aromatic nitrogens is 1. The highest BCUT2D eigenvalue weighted by Gasteiger charge is 2.16. The Balaban J connectivity index is 2.00. The van der Waals surface area contributed by atoms with Gasteiger partial charge < -0.3 is 15.2 Å². The van der Waals surface area contributed by atoms with Gasteiger partial charge in [-0.15, -0.1) is 0 Å². The van der Waals surface area contributed by atoms with Gasteiger partial charge in [-0.05, 0) is 31.2 Å². The van der Waals surface area contributed by atoms with Crippen LogP contribution < -0.4 is 5.32 Å². The van der Waals surface area contributed by atoms with E-state index < -0.39 is 18.5 Å². The second-order valence-corrected chi connectivity index (χ2v) is 5.92. The molecule has 126 valence electrons. The van der Waals surface area contributed by atoms with Crippen molar-refractivity contribution in [3.8, 4) is 5.75 Å². The first-order valence-corrected chi connectivity index (χ1v) is 7.69. The van der Waals surface area contributed by atoms with Gasteiger partial charge in [-0.1, -0.05) is 34.8 Å². The third-order valence-corrected chi connectivity index (χ3v) is 3.78. The number of benzene rings is 1. The van der Waals surface area contributed by atoms with E-state index in [9.17, 15) is 14.7 Å². The number of carbonyl (C=O) groups is 2. The Hall–Kier alpha value is -2.02. The predicted molar refractivity (Wildman–Crippen MR) is 91.0 cm³/mol. The molecule has 0 aliphatic rings. The molecule has 2 rings (SSSR count). The number of pyridine rings is 1. The van der Waals surface area contributed by atoms with E-state index in [0.717, 1.165) is 0 Å². The van der Waals surface area contributed by atoms with Gasteiger partial charge in [0.05, 0.1) is 15.7 Å². The Morgan fingerprint density at radius 3 is 2.62 bits per heavy atom. The van der Waals surface area contributed by atoms with Gasteiger partial charge in [0.2, 0.25) is 0 Å². The Morgan fingerprint density at radius 2 is 1.92 bits per heavy atom. The van der Waals surface area contributed by atoms with Crippen LogP contribution in [0.3, 0.4) is 0 Å². The summed E-state index contributed by atoms with van der Waals surface area (Å²) in [6, 6.07) is 5.34. The molecule has 1 aromatic carbocycles. The average molecular weight is 390 g/mol. The second-order valence-electron chi connectivity index (χ2n) is 4.67. The van der Waals surface area contributed by atoms with Crippen LogP contribution in [-0.4, -0.2) is 28.6 Å². The van der Waals surface area contributed by atoms with Crippen LogP contribution in [0.5, 0.6) is 5.75 Å². The van der Waals surface area contributed by atoms with Gasteiger partial charge in [0, 0.05) is 5.02 Å². The Morgan fingerprint density at radius 1 is 1.21 bits per heavy atom. The first kappa shape index (κ1) is 18.3. The normalized spacial score (nSPS) is 10.3. The number of ether oxygens (including phenoxy) is 1. The maximum Gasteiger partial charge on any atom is 0.342 e. The Kier molecular flexibility index (Phi) is 5.88. The van der Waals surface area contributed by atoms with E-state index in [2.05, 4.69) is 10.3 Å². The number of hydrogen-bond donors (Lipinski definition) is 2. The fourth-order valence-corrected chi connectivity index (χ4v) is 2.27. The van der Waals surface area contributed by atoms with Gasteiger partial charge in [0.15, 0.2) is 12.4 Å². The van der Waals surface area contributed by atoms with E-state index in [-0.39, 0.29) is 27.2 Å². The van der Waals surface area contributed by atoms with Gasteiger partial charge in [0.25, 0.3) is 5.91 Å². The third-order valence-electron chi connectivity index (χ3n) is 2.88. The topological polar surface area (TPSA) is 88.5 Å². The van der Waals surface area contributed by atoms with Gasteiger partial charge in [-0.2, -0.15) is 0 Å². The number of phenolic OH excluding ortho intramolecular Hbond substituents is 1. The largest absolute Gasteiger partial charge is 0.507 e. The Labute approximate surface area is 152 Å². The van der Waals surface area contributed by atoms with Gasteiger partial charge in [-0.3, -0.25) is 4.79 Å². The lowest BCUT2D eigenvalue weighted by Gasteiger charge is -2.09.